The summed E-state index contributed by atoms with van der Waals surface area (Å²) in [5, 5.41) is 15.9. The van der Waals surface area contributed by atoms with E-state index in [0.717, 1.165) is 11.3 Å². The number of hydrogen-bond donors (Lipinski definition) is 2. The van der Waals surface area contributed by atoms with Gasteiger partial charge in [-0.3, -0.25) is 9.48 Å². The number of carbonyl (C=O) groups excluding carboxylic acids is 2. The van der Waals surface area contributed by atoms with Crippen LogP contribution < -0.4 is 5.32 Å². The monoisotopic (exact) mass is 365 g/mol. The van der Waals surface area contributed by atoms with Crippen molar-refractivity contribution in [1.82, 2.24) is 9.78 Å². The maximum absolute atomic E-state index is 12.1. The fourth-order valence-electron chi connectivity index (χ4n) is 2.07. The van der Waals surface area contributed by atoms with Gasteiger partial charge in [0.05, 0.1) is 23.9 Å². The molecule has 0 atom stereocenters. The molecular formula is C16H19N3O5S. The number of amides is 1. The lowest BCUT2D eigenvalue weighted by molar-refractivity contribution is -0.116. The topological polar surface area (TPSA) is 111 Å². The van der Waals surface area contributed by atoms with Crippen LogP contribution in [0, 0.1) is 0 Å². The predicted octanol–water partition coefficient (Wildman–Crippen LogP) is 2.41. The molecular weight excluding hydrogens is 346 g/mol. The number of esters is 1. The van der Waals surface area contributed by atoms with E-state index in [1.165, 1.54) is 28.4 Å². The van der Waals surface area contributed by atoms with E-state index >= 15 is 0 Å². The molecule has 0 aliphatic carbocycles. The molecule has 2 aromatic heterocycles. The van der Waals surface area contributed by atoms with Gasteiger partial charge in [-0.1, -0.05) is 6.92 Å². The minimum atomic E-state index is -1.07. The van der Waals surface area contributed by atoms with Crippen LogP contribution in [0.5, 0.6) is 0 Å². The number of rotatable bonds is 8. The maximum atomic E-state index is 12.1. The molecule has 0 saturated carbocycles. The summed E-state index contributed by atoms with van der Waals surface area (Å²) < 4.78 is 6.40. The third-order valence-corrected chi connectivity index (χ3v) is 4.52. The van der Waals surface area contributed by atoms with E-state index in [9.17, 15) is 14.4 Å². The zero-order chi connectivity index (χ0) is 18.4. The largest absolute Gasteiger partial charge is 0.478 e. The molecule has 2 aromatic rings. The Bertz CT molecular complexity index is 781. The Morgan fingerprint density at radius 2 is 2.12 bits per heavy atom. The van der Waals surface area contributed by atoms with Crippen LogP contribution in [0.3, 0.4) is 0 Å². The number of aryl methyl sites for hydroxylation is 2. The van der Waals surface area contributed by atoms with E-state index in [2.05, 4.69) is 10.4 Å². The fraction of sp³-hybridized carbons (Fsp3) is 0.375. The number of aromatic carboxylic acids is 1. The van der Waals surface area contributed by atoms with Crippen LogP contribution in [0.25, 0.3) is 0 Å². The first-order valence-electron chi connectivity index (χ1n) is 7.80. The lowest BCUT2D eigenvalue weighted by atomic mass is 10.2. The molecule has 0 radical (unpaired) electrons. The number of ether oxygens (including phenoxy) is 1. The minimum Gasteiger partial charge on any atom is -0.478 e. The number of aromatic nitrogens is 2. The molecule has 0 fully saturated rings. The van der Waals surface area contributed by atoms with Crippen LogP contribution >= 0.6 is 11.3 Å². The SMILES string of the molecule is CCOC(=O)c1cc(CC)sc1NC(=O)CCn1cc(C(=O)O)cn1. The van der Waals surface area contributed by atoms with Gasteiger partial charge in [-0.05, 0) is 19.4 Å². The first-order chi connectivity index (χ1) is 11.9. The summed E-state index contributed by atoms with van der Waals surface area (Å²) >= 11 is 1.34. The van der Waals surface area contributed by atoms with Gasteiger partial charge in [-0.25, -0.2) is 9.59 Å². The summed E-state index contributed by atoms with van der Waals surface area (Å²) in [4.78, 5) is 35.9. The van der Waals surface area contributed by atoms with Crippen molar-refractivity contribution in [3.8, 4) is 0 Å². The number of carbonyl (C=O) groups is 3. The van der Waals surface area contributed by atoms with E-state index in [1.54, 1.807) is 13.0 Å². The number of carboxylic acids is 1. The van der Waals surface area contributed by atoms with E-state index in [4.69, 9.17) is 9.84 Å². The summed E-state index contributed by atoms with van der Waals surface area (Å²) in [6.45, 7) is 4.18. The number of anilines is 1. The summed E-state index contributed by atoms with van der Waals surface area (Å²) in [5.41, 5.74) is 0.417. The first kappa shape index (κ1) is 18.7. The molecule has 25 heavy (non-hydrogen) atoms. The van der Waals surface area contributed by atoms with Crippen molar-refractivity contribution in [2.24, 2.45) is 0 Å². The van der Waals surface area contributed by atoms with Crippen molar-refractivity contribution in [3.63, 3.8) is 0 Å². The minimum absolute atomic E-state index is 0.0656. The smallest absolute Gasteiger partial charge is 0.341 e. The Morgan fingerprint density at radius 1 is 1.36 bits per heavy atom. The third-order valence-electron chi connectivity index (χ3n) is 3.33. The van der Waals surface area contributed by atoms with Gasteiger partial charge in [-0.15, -0.1) is 11.3 Å². The molecule has 0 aliphatic rings. The lowest BCUT2D eigenvalue weighted by Crippen LogP contribution is -2.16. The molecule has 9 heteroatoms. The number of carboxylic acid groups (broad SMARTS) is 1. The molecule has 134 valence electrons. The van der Waals surface area contributed by atoms with Crippen LogP contribution in [-0.4, -0.2) is 39.3 Å². The highest BCUT2D eigenvalue weighted by Crippen LogP contribution is 2.29. The van der Waals surface area contributed by atoms with E-state index in [1.807, 2.05) is 6.92 Å². The highest BCUT2D eigenvalue weighted by atomic mass is 32.1. The van der Waals surface area contributed by atoms with E-state index < -0.39 is 11.9 Å². The Balaban J connectivity index is 2.00. The lowest BCUT2D eigenvalue weighted by Gasteiger charge is -2.06. The Hall–Kier alpha value is -2.68. The Morgan fingerprint density at radius 3 is 2.72 bits per heavy atom. The average molecular weight is 365 g/mol. The molecule has 8 nitrogen and oxygen atoms in total. The van der Waals surface area contributed by atoms with Gasteiger partial charge in [0.25, 0.3) is 0 Å². The van der Waals surface area contributed by atoms with Gasteiger partial charge >= 0.3 is 11.9 Å². The highest BCUT2D eigenvalue weighted by Gasteiger charge is 2.18. The van der Waals surface area contributed by atoms with Crippen molar-refractivity contribution >= 4 is 34.2 Å². The van der Waals surface area contributed by atoms with E-state index in [-0.39, 0.29) is 31.0 Å². The standard InChI is InChI=1S/C16H19N3O5S/c1-3-11-7-12(16(23)24-4-2)14(25-11)18-13(20)5-6-19-9-10(8-17-19)15(21)22/h7-9H,3-6H2,1-2H3,(H,18,20)(H,21,22). The number of nitrogens with zero attached hydrogens (tertiary/aromatic N) is 2. The van der Waals surface area contributed by atoms with Crippen molar-refractivity contribution < 1.29 is 24.2 Å². The summed E-state index contributed by atoms with van der Waals surface area (Å²) in [7, 11) is 0. The van der Waals surface area contributed by atoms with E-state index in [0.29, 0.717) is 10.6 Å². The number of nitrogens with one attached hydrogen (secondary N) is 1. The third kappa shape index (κ3) is 4.90. The second-order valence-corrected chi connectivity index (χ2v) is 6.26. The average Bonchev–Trinajstić information content (AvgIpc) is 3.20. The van der Waals surface area contributed by atoms with Gasteiger partial charge in [0.2, 0.25) is 5.91 Å². The van der Waals surface area contributed by atoms with Crippen LogP contribution in [0.15, 0.2) is 18.5 Å². The summed E-state index contributed by atoms with van der Waals surface area (Å²) in [5.74, 6) is -1.82. The molecule has 1 amide bonds. The van der Waals surface area contributed by atoms with Crippen LogP contribution in [0.4, 0.5) is 5.00 Å². The zero-order valence-corrected chi connectivity index (χ0v) is 14.8. The van der Waals surface area contributed by atoms with Crippen LogP contribution in [0.2, 0.25) is 0 Å². The molecule has 0 bridgehead atoms. The van der Waals surface area contributed by atoms with Gasteiger partial charge in [0.15, 0.2) is 0 Å². The van der Waals surface area contributed by atoms with Gasteiger partial charge in [0, 0.05) is 24.0 Å². The quantitative estimate of drug-likeness (QED) is 0.695. The van der Waals surface area contributed by atoms with Crippen LogP contribution in [0.1, 0.15) is 45.9 Å². The molecule has 0 aliphatic heterocycles. The van der Waals surface area contributed by atoms with Crippen molar-refractivity contribution in [3.05, 3.63) is 34.5 Å². The molecule has 0 unspecified atom stereocenters. The van der Waals surface area contributed by atoms with Gasteiger partial charge in [-0.2, -0.15) is 5.10 Å². The van der Waals surface area contributed by atoms with Crippen molar-refractivity contribution in [2.75, 3.05) is 11.9 Å². The molecule has 2 rings (SSSR count). The summed E-state index contributed by atoms with van der Waals surface area (Å²) in [6, 6.07) is 1.73. The fourth-order valence-corrected chi connectivity index (χ4v) is 3.07. The number of hydrogen-bond acceptors (Lipinski definition) is 6. The second-order valence-electron chi connectivity index (χ2n) is 5.12. The van der Waals surface area contributed by atoms with Crippen LogP contribution in [-0.2, 0) is 22.5 Å². The normalized spacial score (nSPS) is 10.5. The highest BCUT2D eigenvalue weighted by molar-refractivity contribution is 7.16. The molecule has 0 aromatic carbocycles. The maximum Gasteiger partial charge on any atom is 0.341 e. The predicted molar refractivity (Wildman–Crippen MR) is 92.1 cm³/mol. The summed E-state index contributed by atoms with van der Waals surface area (Å²) in [6.07, 6.45) is 3.44. The number of thiophene rings is 1. The van der Waals surface area contributed by atoms with Crippen molar-refractivity contribution in [1.29, 1.82) is 0 Å². The Labute approximate surface area is 148 Å². The molecule has 2 N–H and O–H groups in total. The second kappa shape index (κ2) is 8.43. The molecule has 0 saturated heterocycles. The first-order valence-corrected chi connectivity index (χ1v) is 8.61. The zero-order valence-electron chi connectivity index (χ0n) is 13.9. The van der Waals surface area contributed by atoms with Crippen molar-refractivity contribution in [2.45, 2.75) is 33.2 Å². The van der Waals surface area contributed by atoms with Gasteiger partial charge in [0.1, 0.15) is 5.00 Å². The molecule has 2 heterocycles. The van der Waals surface area contributed by atoms with Gasteiger partial charge < -0.3 is 15.2 Å². The molecule has 0 spiro atoms. The Kier molecular flexibility index (Phi) is 6.29.